The summed E-state index contributed by atoms with van der Waals surface area (Å²) in [6.45, 7) is 2.27. The van der Waals surface area contributed by atoms with Crippen molar-refractivity contribution in [2.75, 3.05) is 42.5 Å². The van der Waals surface area contributed by atoms with Crippen LogP contribution in [0.25, 0.3) is 0 Å². The van der Waals surface area contributed by atoms with Crippen molar-refractivity contribution in [3.05, 3.63) is 24.3 Å². The molecule has 0 radical (unpaired) electrons. The Morgan fingerprint density at radius 3 is 2.27 bits per heavy atom. The van der Waals surface area contributed by atoms with Gasteiger partial charge in [-0.1, -0.05) is 0 Å². The third-order valence-corrected chi connectivity index (χ3v) is 5.32. The van der Waals surface area contributed by atoms with E-state index in [1.807, 2.05) is 0 Å². The predicted octanol–water partition coefficient (Wildman–Crippen LogP) is 1.59. The van der Waals surface area contributed by atoms with Crippen LogP contribution in [0.4, 0.5) is 33.7 Å². The lowest BCUT2D eigenvalue weighted by molar-refractivity contribution is -0.209. The van der Waals surface area contributed by atoms with E-state index >= 15 is 0 Å². The largest absolute Gasteiger partial charge is 0.442 e. The SMILES string of the molecule is CC(=O)NCC1CN(c2ccc(N3CCN(C(NC(C)=O)C(F)(F)F)C(F)C3)cc2)C(=O)O1. The van der Waals surface area contributed by atoms with Crippen molar-refractivity contribution in [1.82, 2.24) is 15.5 Å². The van der Waals surface area contributed by atoms with Gasteiger partial charge in [-0.15, -0.1) is 0 Å². The number of carbonyl (C=O) groups is 3. The summed E-state index contributed by atoms with van der Waals surface area (Å²) in [5.41, 5.74) is 1.11. The molecule has 2 heterocycles. The van der Waals surface area contributed by atoms with Gasteiger partial charge in [-0.2, -0.15) is 13.2 Å². The topological polar surface area (TPSA) is 94.2 Å². The minimum atomic E-state index is -4.82. The number of carbonyl (C=O) groups excluding carboxylic acids is 3. The smallest absolute Gasteiger partial charge is 0.422 e. The van der Waals surface area contributed by atoms with Crippen LogP contribution in [0.1, 0.15) is 13.8 Å². The molecule has 1 aromatic rings. The van der Waals surface area contributed by atoms with Crippen molar-refractivity contribution in [3.63, 3.8) is 0 Å². The Hall–Kier alpha value is -3.09. The van der Waals surface area contributed by atoms with Crippen LogP contribution in [0, 0.1) is 0 Å². The van der Waals surface area contributed by atoms with Crippen LogP contribution >= 0.6 is 0 Å². The van der Waals surface area contributed by atoms with E-state index in [9.17, 15) is 31.9 Å². The van der Waals surface area contributed by atoms with Gasteiger partial charge < -0.3 is 20.3 Å². The Morgan fingerprint density at radius 2 is 1.73 bits per heavy atom. The number of alkyl halides is 4. The second-order valence-electron chi connectivity index (χ2n) is 7.83. The first-order chi connectivity index (χ1) is 15.5. The van der Waals surface area contributed by atoms with Crippen LogP contribution in [0.2, 0.25) is 0 Å². The van der Waals surface area contributed by atoms with E-state index in [-0.39, 0.29) is 38.6 Å². The summed E-state index contributed by atoms with van der Waals surface area (Å²) in [6.07, 6.45) is -10.2. The molecule has 182 valence electrons. The molecule has 33 heavy (non-hydrogen) atoms. The fourth-order valence-electron chi connectivity index (χ4n) is 3.76. The van der Waals surface area contributed by atoms with Gasteiger partial charge in [-0.05, 0) is 24.3 Å². The highest BCUT2D eigenvalue weighted by Crippen LogP contribution is 2.30. The number of amides is 3. The highest BCUT2D eigenvalue weighted by atomic mass is 19.4. The molecule has 3 amide bonds. The third kappa shape index (κ3) is 6.03. The average Bonchev–Trinajstić information content (AvgIpc) is 3.10. The summed E-state index contributed by atoms with van der Waals surface area (Å²) in [5.74, 6) is -1.14. The summed E-state index contributed by atoms with van der Waals surface area (Å²) in [4.78, 5) is 37.9. The fraction of sp³-hybridized carbons (Fsp3) is 0.550. The summed E-state index contributed by atoms with van der Waals surface area (Å²) in [7, 11) is 0. The van der Waals surface area contributed by atoms with Crippen molar-refractivity contribution in [2.45, 2.75) is 38.6 Å². The fourth-order valence-corrected chi connectivity index (χ4v) is 3.76. The summed E-state index contributed by atoms with van der Waals surface area (Å²) in [6, 6.07) is 6.54. The number of piperazine rings is 1. The van der Waals surface area contributed by atoms with Gasteiger partial charge in [0.1, 0.15) is 6.10 Å². The monoisotopic (exact) mass is 475 g/mol. The molecule has 13 heteroatoms. The molecule has 9 nitrogen and oxygen atoms in total. The standard InChI is InChI=1S/C20H25F4N5O4/c1-12(30)25-9-16-10-29(19(32)33-16)15-5-3-14(4-6-15)27-7-8-28(17(21)11-27)18(20(22,23)24)26-13(2)31/h3-6,16-18H,7-11H2,1-2H3,(H,25,30)(H,26,31). The number of hydrogen-bond acceptors (Lipinski definition) is 6. The molecular weight excluding hydrogens is 450 g/mol. The number of rotatable bonds is 6. The number of anilines is 2. The molecule has 3 rings (SSSR count). The lowest BCUT2D eigenvalue weighted by Crippen LogP contribution is -2.64. The number of cyclic esters (lactones) is 1. The summed E-state index contributed by atoms with van der Waals surface area (Å²) in [5, 5.41) is 4.35. The van der Waals surface area contributed by atoms with E-state index in [2.05, 4.69) is 5.32 Å². The molecule has 2 aliphatic rings. The number of nitrogens with zero attached hydrogens (tertiary/aromatic N) is 3. The Labute approximate surface area is 187 Å². The third-order valence-electron chi connectivity index (χ3n) is 5.32. The van der Waals surface area contributed by atoms with Crippen molar-refractivity contribution >= 4 is 29.3 Å². The Morgan fingerprint density at radius 1 is 1.09 bits per heavy atom. The minimum Gasteiger partial charge on any atom is -0.442 e. The zero-order valence-electron chi connectivity index (χ0n) is 18.1. The number of halogens is 4. The molecule has 2 fully saturated rings. The minimum absolute atomic E-state index is 0.108. The second-order valence-corrected chi connectivity index (χ2v) is 7.83. The van der Waals surface area contributed by atoms with Crippen LogP contribution in [0.15, 0.2) is 24.3 Å². The average molecular weight is 475 g/mol. The molecule has 0 aliphatic carbocycles. The van der Waals surface area contributed by atoms with E-state index < -0.39 is 36.7 Å². The van der Waals surface area contributed by atoms with Crippen molar-refractivity contribution in [1.29, 1.82) is 0 Å². The molecule has 2 saturated heterocycles. The van der Waals surface area contributed by atoms with Gasteiger partial charge in [0.05, 0.1) is 19.6 Å². The summed E-state index contributed by atoms with van der Waals surface area (Å²) < 4.78 is 59.8. The number of nitrogens with one attached hydrogen (secondary N) is 2. The van der Waals surface area contributed by atoms with Gasteiger partial charge in [0.25, 0.3) is 0 Å². The zero-order valence-corrected chi connectivity index (χ0v) is 18.1. The molecule has 0 saturated carbocycles. The van der Waals surface area contributed by atoms with E-state index in [1.165, 1.54) is 11.8 Å². The molecular formula is C20H25F4N5O4. The first kappa shape index (κ1) is 24.6. The lowest BCUT2D eigenvalue weighted by atomic mass is 10.2. The molecule has 3 atom stereocenters. The maximum Gasteiger partial charge on any atom is 0.422 e. The Bertz CT molecular complexity index is 882. The van der Waals surface area contributed by atoms with Gasteiger partial charge in [0, 0.05) is 38.3 Å². The Kier molecular flexibility index (Phi) is 7.30. The van der Waals surface area contributed by atoms with Crippen molar-refractivity contribution in [3.8, 4) is 0 Å². The zero-order chi connectivity index (χ0) is 24.3. The Balaban J connectivity index is 1.62. The normalized spacial score (nSPS) is 22.7. The van der Waals surface area contributed by atoms with Crippen LogP contribution in [-0.2, 0) is 14.3 Å². The van der Waals surface area contributed by atoms with E-state index in [0.717, 1.165) is 6.92 Å². The lowest BCUT2D eigenvalue weighted by Gasteiger charge is -2.42. The van der Waals surface area contributed by atoms with Gasteiger partial charge >= 0.3 is 12.3 Å². The maximum atomic E-state index is 14.7. The molecule has 0 spiro atoms. The van der Waals surface area contributed by atoms with Crippen LogP contribution in [0.5, 0.6) is 0 Å². The molecule has 3 unspecified atom stereocenters. The first-order valence-electron chi connectivity index (χ1n) is 10.3. The molecule has 2 aliphatic heterocycles. The van der Waals surface area contributed by atoms with E-state index in [4.69, 9.17) is 4.74 Å². The van der Waals surface area contributed by atoms with Gasteiger partial charge in [0.15, 0.2) is 12.5 Å². The van der Waals surface area contributed by atoms with Gasteiger partial charge in [-0.25, -0.2) is 14.1 Å². The van der Waals surface area contributed by atoms with Gasteiger partial charge in [0.2, 0.25) is 11.8 Å². The van der Waals surface area contributed by atoms with Crippen molar-refractivity contribution in [2.24, 2.45) is 0 Å². The highest BCUT2D eigenvalue weighted by Gasteiger charge is 2.48. The molecule has 2 N–H and O–H groups in total. The predicted molar refractivity (Wildman–Crippen MR) is 110 cm³/mol. The summed E-state index contributed by atoms with van der Waals surface area (Å²) >= 11 is 0. The number of hydrogen-bond donors (Lipinski definition) is 2. The van der Waals surface area contributed by atoms with Crippen LogP contribution in [-0.4, -0.2) is 80.3 Å². The van der Waals surface area contributed by atoms with Crippen molar-refractivity contribution < 1.29 is 36.7 Å². The number of ether oxygens (including phenoxy) is 1. The van der Waals surface area contributed by atoms with E-state index in [0.29, 0.717) is 16.3 Å². The molecule has 0 bridgehead atoms. The number of benzene rings is 1. The molecule has 0 aromatic heterocycles. The first-order valence-corrected chi connectivity index (χ1v) is 10.3. The van der Waals surface area contributed by atoms with Crippen LogP contribution in [0.3, 0.4) is 0 Å². The second kappa shape index (κ2) is 9.81. The highest BCUT2D eigenvalue weighted by molar-refractivity contribution is 5.90. The van der Waals surface area contributed by atoms with Gasteiger partial charge in [-0.3, -0.25) is 14.5 Å². The van der Waals surface area contributed by atoms with Crippen LogP contribution < -0.4 is 20.4 Å². The molecule has 1 aromatic carbocycles. The van der Waals surface area contributed by atoms with E-state index in [1.54, 1.807) is 34.5 Å². The quantitative estimate of drug-likeness (QED) is 0.480. The maximum absolute atomic E-state index is 14.7.